The lowest BCUT2D eigenvalue weighted by Crippen LogP contribution is -2.25. The Balaban J connectivity index is 2.09. The van der Waals surface area contributed by atoms with E-state index in [2.05, 4.69) is 21.2 Å². The predicted octanol–water partition coefficient (Wildman–Crippen LogP) is 3.49. The summed E-state index contributed by atoms with van der Waals surface area (Å²) < 4.78 is 1.02. The Bertz CT molecular complexity index is 590. The Hall–Kier alpha value is -1.35. The molecule has 1 saturated carbocycles. The normalized spacial score (nSPS) is 14.9. The van der Waals surface area contributed by atoms with Gasteiger partial charge in [-0.25, -0.2) is 0 Å². The molecule has 3 rings (SSSR count). The van der Waals surface area contributed by atoms with Crippen molar-refractivity contribution in [2.45, 2.75) is 18.9 Å². The minimum absolute atomic E-state index is 0.0381. The summed E-state index contributed by atoms with van der Waals surface area (Å²) in [7, 11) is 0. The van der Waals surface area contributed by atoms with Crippen LogP contribution < -0.4 is 5.32 Å². The van der Waals surface area contributed by atoms with E-state index in [1.165, 1.54) is 0 Å². The van der Waals surface area contributed by atoms with Gasteiger partial charge >= 0.3 is 0 Å². The van der Waals surface area contributed by atoms with Crippen molar-refractivity contribution in [2.75, 3.05) is 0 Å². The topological polar surface area (TPSA) is 29.1 Å². The molecule has 0 bridgehead atoms. The fourth-order valence-corrected chi connectivity index (χ4v) is 2.43. The second kappa shape index (κ2) is 4.15. The molecule has 0 atom stereocenters. The molecule has 0 radical (unpaired) electrons. The van der Waals surface area contributed by atoms with Gasteiger partial charge in [0.25, 0.3) is 5.91 Å². The smallest absolute Gasteiger partial charge is 0.252 e. The molecule has 17 heavy (non-hydrogen) atoms. The van der Waals surface area contributed by atoms with E-state index < -0.39 is 0 Å². The zero-order chi connectivity index (χ0) is 11.8. The first-order valence-corrected chi connectivity index (χ1v) is 6.53. The van der Waals surface area contributed by atoms with Gasteiger partial charge in [-0.05, 0) is 35.7 Å². The molecule has 0 spiro atoms. The summed E-state index contributed by atoms with van der Waals surface area (Å²) >= 11 is 3.51. The van der Waals surface area contributed by atoms with Crippen molar-refractivity contribution in [3.05, 3.63) is 46.4 Å². The Kier molecular flexibility index (Phi) is 2.63. The SMILES string of the molecule is O=C(NC1CC1)c1ccc(Br)c2ccccc12. The van der Waals surface area contributed by atoms with Crippen LogP contribution >= 0.6 is 15.9 Å². The van der Waals surface area contributed by atoms with Gasteiger partial charge < -0.3 is 5.32 Å². The molecule has 2 aromatic carbocycles. The number of amides is 1. The Labute approximate surface area is 108 Å². The van der Waals surface area contributed by atoms with Crippen LogP contribution in [0, 0.1) is 0 Å². The minimum atomic E-state index is 0.0381. The van der Waals surface area contributed by atoms with E-state index in [4.69, 9.17) is 0 Å². The molecule has 0 saturated heterocycles. The number of fused-ring (bicyclic) bond motifs is 1. The number of rotatable bonds is 2. The van der Waals surface area contributed by atoms with Gasteiger partial charge in [-0.2, -0.15) is 0 Å². The van der Waals surface area contributed by atoms with Crippen molar-refractivity contribution in [3.63, 3.8) is 0 Å². The minimum Gasteiger partial charge on any atom is -0.349 e. The third kappa shape index (κ3) is 2.07. The van der Waals surface area contributed by atoms with Crippen molar-refractivity contribution in [1.82, 2.24) is 5.32 Å². The van der Waals surface area contributed by atoms with Gasteiger partial charge in [0, 0.05) is 16.1 Å². The standard InChI is InChI=1S/C14H12BrNO/c15-13-8-7-12(14(17)16-9-5-6-9)10-3-1-2-4-11(10)13/h1-4,7-9H,5-6H2,(H,16,17). The van der Waals surface area contributed by atoms with Crippen LogP contribution in [0.25, 0.3) is 10.8 Å². The summed E-state index contributed by atoms with van der Waals surface area (Å²) in [5.41, 5.74) is 0.760. The molecule has 1 aliphatic carbocycles. The summed E-state index contributed by atoms with van der Waals surface area (Å²) in [6.07, 6.45) is 2.22. The van der Waals surface area contributed by atoms with Gasteiger partial charge in [-0.1, -0.05) is 40.2 Å². The lowest BCUT2D eigenvalue weighted by atomic mass is 10.0. The van der Waals surface area contributed by atoms with E-state index in [0.29, 0.717) is 6.04 Å². The highest BCUT2D eigenvalue weighted by molar-refractivity contribution is 9.10. The molecule has 86 valence electrons. The van der Waals surface area contributed by atoms with Crippen LogP contribution in [0.4, 0.5) is 0 Å². The van der Waals surface area contributed by atoms with E-state index in [-0.39, 0.29) is 5.91 Å². The van der Waals surface area contributed by atoms with E-state index in [9.17, 15) is 4.79 Å². The molecular formula is C14H12BrNO. The van der Waals surface area contributed by atoms with Gasteiger partial charge in [0.2, 0.25) is 0 Å². The van der Waals surface area contributed by atoms with Crippen LogP contribution in [0.1, 0.15) is 23.2 Å². The molecular weight excluding hydrogens is 278 g/mol. The van der Waals surface area contributed by atoms with Crippen molar-refractivity contribution < 1.29 is 4.79 Å². The van der Waals surface area contributed by atoms with Gasteiger partial charge in [-0.15, -0.1) is 0 Å². The number of carbonyl (C=O) groups excluding carboxylic acids is 1. The zero-order valence-corrected chi connectivity index (χ0v) is 10.8. The summed E-state index contributed by atoms with van der Waals surface area (Å²) in [6, 6.07) is 12.2. The molecule has 0 heterocycles. The van der Waals surface area contributed by atoms with E-state index in [0.717, 1.165) is 33.7 Å². The highest BCUT2D eigenvalue weighted by Gasteiger charge is 2.24. The van der Waals surface area contributed by atoms with E-state index in [1.54, 1.807) is 0 Å². The van der Waals surface area contributed by atoms with E-state index in [1.807, 2.05) is 36.4 Å². The van der Waals surface area contributed by atoms with Crippen molar-refractivity contribution in [1.29, 1.82) is 0 Å². The number of halogens is 1. The van der Waals surface area contributed by atoms with Gasteiger partial charge in [0.15, 0.2) is 0 Å². The van der Waals surface area contributed by atoms with E-state index >= 15 is 0 Å². The van der Waals surface area contributed by atoms with Crippen LogP contribution in [-0.2, 0) is 0 Å². The third-order valence-electron chi connectivity index (χ3n) is 3.03. The largest absolute Gasteiger partial charge is 0.349 e. The monoisotopic (exact) mass is 289 g/mol. The van der Waals surface area contributed by atoms with Crippen molar-refractivity contribution >= 4 is 32.6 Å². The highest BCUT2D eigenvalue weighted by Crippen LogP contribution is 2.27. The number of nitrogens with one attached hydrogen (secondary N) is 1. The molecule has 1 fully saturated rings. The summed E-state index contributed by atoms with van der Waals surface area (Å²) in [6.45, 7) is 0. The lowest BCUT2D eigenvalue weighted by molar-refractivity contribution is 0.0953. The summed E-state index contributed by atoms with van der Waals surface area (Å²) in [5, 5.41) is 5.11. The van der Waals surface area contributed by atoms with Gasteiger partial charge in [-0.3, -0.25) is 4.79 Å². The molecule has 0 aromatic heterocycles. The Morgan fingerprint density at radius 3 is 2.53 bits per heavy atom. The van der Waals surface area contributed by atoms with Gasteiger partial charge in [0.05, 0.1) is 0 Å². The molecule has 2 aromatic rings. The zero-order valence-electron chi connectivity index (χ0n) is 9.24. The van der Waals surface area contributed by atoms with Crippen molar-refractivity contribution in [2.24, 2.45) is 0 Å². The molecule has 2 nitrogen and oxygen atoms in total. The van der Waals surface area contributed by atoms with Gasteiger partial charge in [0.1, 0.15) is 0 Å². The maximum absolute atomic E-state index is 12.1. The molecule has 0 unspecified atom stereocenters. The molecule has 0 aliphatic heterocycles. The van der Waals surface area contributed by atoms with Crippen LogP contribution in [0.3, 0.4) is 0 Å². The molecule has 1 N–H and O–H groups in total. The average molecular weight is 290 g/mol. The maximum Gasteiger partial charge on any atom is 0.252 e. The number of benzene rings is 2. The average Bonchev–Trinajstić information content (AvgIpc) is 3.14. The first-order chi connectivity index (χ1) is 8.25. The predicted molar refractivity (Wildman–Crippen MR) is 72.1 cm³/mol. The number of carbonyl (C=O) groups is 1. The van der Waals surface area contributed by atoms with Crippen LogP contribution in [0.15, 0.2) is 40.9 Å². The number of hydrogen-bond donors (Lipinski definition) is 1. The Morgan fingerprint density at radius 2 is 1.82 bits per heavy atom. The number of hydrogen-bond acceptors (Lipinski definition) is 1. The molecule has 1 amide bonds. The second-order valence-electron chi connectivity index (χ2n) is 4.39. The summed E-state index contributed by atoms with van der Waals surface area (Å²) in [5.74, 6) is 0.0381. The van der Waals surface area contributed by atoms with Crippen LogP contribution in [0.5, 0.6) is 0 Å². The maximum atomic E-state index is 12.1. The fourth-order valence-electron chi connectivity index (χ4n) is 1.95. The molecule has 3 heteroatoms. The second-order valence-corrected chi connectivity index (χ2v) is 5.24. The lowest BCUT2D eigenvalue weighted by Gasteiger charge is -2.08. The van der Waals surface area contributed by atoms with Crippen LogP contribution in [0.2, 0.25) is 0 Å². The molecule has 1 aliphatic rings. The van der Waals surface area contributed by atoms with Crippen LogP contribution in [-0.4, -0.2) is 11.9 Å². The van der Waals surface area contributed by atoms with Crippen molar-refractivity contribution in [3.8, 4) is 0 Å². The quantitative estimate of drug-likeness (QED) is 0.901. The Morgan fingerprint density at radius 1 is 1.12 bits per heavy atom. The fraction of sp³-hybridized carbons (Fsp3) is 0.214. The first kappa shape index (κ1) is 10.8. The first-order valence-electron chi connectivity index (χ1n) is 5.74. The highest BCUT2D eigenvalue weighted by atomic mass is 79.9. The summed E-state index contributed by atoms with van der Waals surface area (Å²) in [4.78, 5) is 12.1. The third-order valence-corrected chi connectivity index (χ3v) is 3.72.